The molecule has 150 valence electrons. The van der Waals surface area contributed by atoms with E-state index in [1.807, 2.05) is 6.92 Å². The number of rotatable bonds is 6. The van der Waals surface area contributed by atoms with Crippen LogP contribution in [-0.4, -0.2) is 39.8 Å². The van der Waals surface area contributed by atoms with Gasteiger partial charge in [0.05, 0.1) is 18.5 Å². The van der Waals surface area contributed by atoms with Gasteiger partial charge < -0.3 is 10.1 Å². The van der Waals surface area contributed by atoms with E-state index in [2.05, 4.69) is 29.6 Å². The molecule has 0 spiro atoms. The van der Waals surface area contributed by atoms with Crippen molar-refractivity contribution in [2.75, 3.05) is 23.7 Å². The topological polar surface area (TPSA) is 75.7 Å². The second kappa shape index (κ2) is 8.41. The second-order valence-electron chi connectivity index (χ2n) is 6.89. The van der Waals surface area contributed by atoms with Crippen molar-refractivity contribution in [2.24, 2.45) is 0 Å². The van der Waals surface area contributed by atoms with Crippen LogP contribution in [0.15, 0.2) is 42.5 Å². The number of aryl methyl sites for hydroxylation is 2. The molecule has 0 aromatic heterocycles. The van der Waals surface area contributed by atoms with Gasteiger partial charge in [-0.2, -0.15) is 0 Å². The molecule has 3 rings (SSSR count). The number of nitrogens with zero attached hydrogens (tertiary/aromatic N) is 1. The summed E-state index contributed by atoms with van der Waals surface area (Å²) in [6.07, 6.45) is 1.81. The van der Waals surface area contributed by atoms with Gasteiger partial charge in [-0.3, -0.25) is 9.10 Å². The minimum absolute atomic E-state index is 0.0873. The lowest BCUT2D eigenvalue weighted by molar-refractivity contribution is -0.127. The first-order valence-corrected chi connectivity index (χ1v) is 11.2. The fourth-order valence-corrected chi connectivity index (χ4v) is 4.12. The van der Waals surface area contributed by atoms with Crippen molar-refractivity contribution in [3.8, 4) is 5.75 Å². The quantitative estimate of drug-likeness (QED) is 0.726. The number of hydrogen-bond acceptors (Lipinski definition) is 4. The Balaban J connectivity index is 1.61. The highest BCUT2D eigenvalue weighted by atomic mass is 35.5. The van der Waals surface area contributed by atoms with Gasteiger partial charge in [-0.25, -0.2) is 8.42 Å². The van der Waals surface area contributed by atoms with Crippen LogP contribution in [0.25, 0.3) is 0 Å². The van der Waals surface area contributed by atoms with Crippen molar-refractivity contribution < 1.29 is 17.9 Å². The Kier molecular flexibility index (Phi) is 6.15. The lowest BCUT2D eigenvalue weighted by Crippen LogP contribution is -2.50. The highest BCUT2D eigenvalue weighted by Crippen LogP contribution is 2.37. The SMILES string of the molecule is Cc1ccc(CCCNC(=O)[C@@H]2CN(S(C)(=O)=O)c3cc(Cl)ccc3O2)cc1. The third kappa shape index (κ3) is 4.97. The van der Waals surface area contributed by atoms with E-state index in [0.717, 1.165) is 23.4 Å². The van der Waals surface area contributed by atoms with Crippen LogP contribution in [0.2, 0.25) is 5.02 Å². The summed E-state index contributed by atoms with van der Waals surface area (Å²) in [7, 11) is -3.57. The van der Waals surface area contributed by atoms with Crippen LogP contribution < -0.4 is 14.4 Å². The van der Waals surface area contributed by atoms with E-state index in [1.165, 1.54) is 17.2 Å². The summed E-state index contributed by atoms with van der Waals surface area (Å²) >= 11 is 5.98. The second-order valence-corrected chi connectivity index (χ2v) is 9.24. The van der Waals surface area contributed by atoms with Crippen LogP contribution >= 0.6 is 11.6 Å². The number of fused-ring (bicyclic) bond motifs is 1. The molecule has 0 saturated heterocycles. The number of sulfonamides is 1. The van der Waals surface area contributed by atoms with E-state index in [1.54, 1.807) is 12.1 Å². The minimum atomic E-state index is -3.57. The van der Waals surface area contributed by atoms with E-state index in [9.17, 15) is 13.2 Å². The number of carbonyl (C=O) groups is 1. The lowest BCUT2D eigenvalue weighted by atomic mass is 10.1. The zero-order valence-electron chi connectivity index (χ0n) is 15.8. The van der Waals surface area contributed by atoms with E-state index >= 15 is 0 Å². The Labute approximate surface area is 170 Å². The Bertz CT molecular complexity index is 961. The van der Waals surface area contributed by atoms with Crippen molar-refractivity contribution in [1.82, 2.24) is 5.32 Å². The molecule has 1 aliphatic heterocycles. The van der Waals surface area contributed by atoms with Gasteiger partial charge in [0.1, 0.15) is 5.75 Å². The van der Waals surface area contributed by atoms with Gasteiger partial charge in [-0.05, 0) is 43.5 Å². The maximum atomic E-state index is 12.5. The molecule has 1 amide bonds. The number of anilines is 1. The first-order valence-electron chi connectivity index (χ1n) is 9.01. The normalized spacial score (nSPS) is 16.2. The number of hydrogen-bond donors (Lipinski definition) is 1. The largest absolute Gasteiger partial charge is 0.476 e. The number of ether oxygens (including phenoxy) is 1. The monoisotopic (exact) mass is 422 g/mol. The number of amides is 1. The molecular weight excluding hydrogens is 400 g/mol. The Hall–Kier alpha value is -2.25. The summed E-state index contributed by atoms with van der Waals surface area (Å²) in [6.45, 7) is 2.44. The lowest BCUT2D eigenvalue weighted by Gasteiger charge is -2.34. The third-order valence-corrected chi connectivity index (χ3v) is 5.93. The maximum absolute atomic E-state index is 12.5. The molecular formula is C20H23ClN2O4S. The van der Waals surface area contributed by atoms with E-state index in [-0.39, 0.29) is 12.5 Å². The predicted octanol–water partition coefficient (Wildman–Crippen LogP) is 2.92. The summed E-state index contributed by atoms with van der Waals surface area (Å²) in [4.78, 5) is 12.5. The molecule has 0 radical (unpaired) electrons. The average Bonchev–Trinajstić information content (AvgIpc) is 2.64. The van der Waals surface area contributed by atoms with Crippen LogP contribution in [0.4, 0.5) is 5.69 Å². The summed E-state index contributed by atoms with van der Waals surface area (Å²) < 4.78 is 31.2. The van der Waals surface area contributed by atoms with Crippen molar-refractivity contribution in [3.05, 3.63) is 58.6 Å². The summed E-state index contributed by atoms with van der Waals surface area (Å²) in [5, 5.41) is 3.23. The molecule has 1 heterocycles. The first-order chi connectivity index (χ1) is 13.2. The molecule has 0 bridgehead atoms. The van der Waals surface area contributed by atoms with Gasteiger partial charge in [-0.1, -0.05) is 41.4 Å². The number of benzene rings is 2. The molecule has 0 aliphatic carbocycles. The summed E-state index contributed by atoms with van der Waals surface area (Å²) in [5.41, 5.74) is 2.77. The van der Waals surface area contributed by atoms with Crippen molar-refractivity contribution in [2.45, 2.75) is 25.9 Å². The molecule has 8 heteroatoms. The molecule has 1 aliphatic rings. The van der Waals surface area contributed by atoms with Crippen molar-refractivity contribution >= 4 is 33.2 Å². The van der Waals surface area contributed by atoms with Crippen LogP contribution in [0, 0.1) is 6.92 Å². The molecule has 2 aromatic rings. The minimum Gasteiger partial charge on any atom is -0.476 e. The van der Waals surface area contributed by atoms with Gasteiger partial charge in [0.25, 0.3) is 5.91 Å². The number of carbonyl (C=O) groups excluding carboxylic acids is 1. The Morgan fingerprint density at radius 2 is 1.96 bits per heavy atom. The molecule has 6 nitrogen and oxygen atoms in total. The molecule has 0 saturated carbocycles. The molecule has 1 N–H and O–H groups in total. The molecule has 28 heavy (non-hydrogen) atoms. The van der Waals surface area contributed by atoms with Gasteiger partial charge in [-0.15, -0.1) is 0 Å². The summed E-state index contributed by atoms with van der Waals surface area (Å²) in [5.74, 6) is -0.0148. The maximum Gasteiger partial charge on any atom is 0.263 e. The van der Waals surface area contributed by atoms with Crippen LogP contribution in [0.5, 0.6) is 5.75 Å². The van der Waals surface area contributed by atoms with Crippen molar-refractivity contribution in [3.63, 3.8) is 0 Å². The van der Waals surface area contributed by atoms with Gasteiger partial charge in [0.2, 0.25) is 10.0 Å². The predicted molar refractivity (Wildman–Crippen MR) is 111 cm³/mol. The third-order valence-electron chi connectivity index (χ3n) is 4.55. The van der Waals surface area contributed by atoms with Crippen LogP contribution in [-0.2, 0) is 21.2 Å². The molecule has 0 unspecified atom stereocenters. The average molecular weight is 423 g/mol. The zero-order valence-corrected chi connectivity index (χ0v) is 17.4. The standard InChI is InChI=1S/C20H23ClN2O4S/c1-14-5-7-15(8-6-14)4-3-11-22-20(24)19-13-23(28(2,25)26)17-12-16(21)9-10-18(17)27-19/h5-10,12,19H,3-4,11,13H2,1-2H3,(H,22,24)/t19-/m0/s1. The smallest absolute Gasteiger partial charge is 0.263 e. The highest BCUT2D eigenvalue weighted by molar-refractivity contribution is 7.92. The van der Waals surface area contributed by atoms with E-state index in [4.69, 9.17) is 16.3 Å². The molecule has 1 atom stereocenters. The van der Waals surface area contributed by atoms with Crippen molar-refractivity contribution in [1.29, 1.82) is 0 Å². The van der Waals surface area contributed by atoms with E-state index < -0.39 is 16.1 Å². The van der Waals surface area contributed by atoms with Crippen LogP contribution in [0.3, 0.4) is 0 Å². The molecule has 2 aromatic carbocycles. The fraction of sp³-hybridized carbons (Fsp3) is 0.350. The highest BCUT2D eigenvalue weighted by Gasteiger charge is 2.35. The van der Waals surface area contributed by atoms with Gasteiger partial charge in [0.15, 0.2) is 6.10 Å². The Morgan fingerprint density at radius 3 is 2.64 bits per heavy atom. The zero-order chi connectivity index (χ0) is 20.3. The Morgan fingerprint density at radius 1 is 1.25 bits per heavy atom. The first kappa shape index (κ1) is 20.5. The van der Waals surface area contributed by atoms with E-state index in [0.29, 0.717) is 23.0 Å². The number of halogens is 1. The molecule has 0 fully saturated rings. The van der Waals surface area contributed by atoms with Gasteiger partial charge >= 0.3 is 0 Å². The fourth-order valence-electron chi connectivity index (χ4n) is 3.05. The van der Waals surface area contributed by atoms with Crippen LogP contribution in [0.1, 0.15) is 17.5 Å². The number of nitrogens with one attached hydrogen (secondary N) is 1. The summed E-state index contributed by atoms with van der Waals surface area (Å²) in [6, 6.07) is 13.0. The van der Waals surface area contributed by atoms with Gasteiger partial charge in [0, 0.05) is 11.6 Å².